The SMILES string of the molecule is CCc1cc2c(-c3cc(C(C)(C)C)cc(C(C)(C)C)c3)c(CC)ccc2[cH-]1.[Cl][Zr+2][Cl].[c-]1cccc2c1[Si]c1ccccc1-2. The van der Waals surface area contributed by atoms with Gasteiger partial charge in [-0.3, -0.25) is 0 Å². The van der Waals surface area contributed by atoms with E-state index in [0.717, 1.165) is 22.4 Å². The Kier molecular flexibility index (Phi) is 11.5. The molecule has 0 saturated carbocycles. The van der Waals surface area contributed by atoms with E-state index in [4.69, 9.17) is 17.0 Å². The number of halogens is 2. The zero-order chi connectivity index (χ0) is 31.4. The molecule has 0 saturated heterocycles. The van der Waals surface area contributed by atoms with Gasteiger partial charge < -0.3 is 0 Å². The van der Waals surface area contributed by atoms with Gasteiger partial charge in [0, 0.05) is 0 Å². The Labute approximate surface area is 281 Å². The molecule has 0 aliphatic carbocycles. The Balaban J connectivity index is 0.000000217. The van der Waals surface area contributed by atoms with Gasteiger partial charge in [0.1, 0.15) is 0 Å². The monoisotopic (exact) mass is 698 g/mol. The smallest absolute Gasteiger partial charge is 0.0920 e. The summed E-state index contributed by atoms with van der Waals surface area (Å²) in [5, 5.41) is 5.61. The van der Waals surface area contributed by atoms with E-state index in [1.807, 2.05) is 6.07 Å². The van der Waals surface area contributed by atoms with Gasteiger partial charge in [0.25, 0.3) is 0 Å². The summed E-state index contributed by atoms with van der Waals surface area (Å²) in [6, 6.07) is 34.8. The fourth-order valence-corrected chi connectivity index (χ4v) is 6.90. The van der Waals surface area contributed by atoms with E-state index in [1.165, 1.54) is 65.7 Å². The molecule has 5 aromatic rings. The topological polar surface area (TPSA) is 0 Å². The van der Waals surface area contributed by atoms with Crippen LogP contribution in [0.4, 0.5) is 0 Å². The first kappa shape index (κ1) is 34.1. The van der Waals surface area contributed by atoms with Crippen LogP contribution in [0.3, 0.4) is 0 Å². The number of rotatable bonds is 3. The zero-order valence-electron chi connectivity index (χ0n) is 26.8. The number of aryl methyl sites for hydroxylation is 2. The van der Waals surface area contributed by atoms with Gasteiger partial charge in [-0.2, -0.15) is 35.5 Å². The normalized spacial score (nSPS) is 12.0. The van der Waals surface area contributed by atoms with Crippen LogP contribution in [-0.2, 0) is 44.5 Å². The second-order valence-corrected chi connectivity index (χ2v) is 18.2. The maximum atomic E-state index is 4.93. The summed E-state index contributed by atoms with van der Waals surface area (Å²) in [5.41, 5.74) is 11.6. The summed E-state index contributed by atoms with van der Waals surface area (Å²) in [4.78, 5) is 0. The van der Waals surface area contributed by atoms with Crippen molar-refractivity contribution < 1.29 is 20.8 Å². The summed E-state index contributed by atoms with van der Waals surface area (Å²) in [6.07, 6.45) is 2.15. The summed E-state index contributed by atoms with van der Waals surface area (Å²) in [5.74, 6) is 0. The van der Waals surface area contributed by atoms with E-state index in [9.17, 15) is 0 Å². The number of hydrogen-bond donors (Lipinski definition) is 0. The molecular formula is C39H42Cl2SiZr. The molecule has 43 heavy (non-hydrogen) atoms. The van der Waals surface area contributed by atoms with Crippen molar-refractivity contribution in [2.24, 2.45) is 0 Å². The largest absolute Gasteiger partial charge is 0.184 e. The average Bonchev–Trinajstić information content (AvgIpc) is 3.57. The maximum absolute atomic E-state index is 4.93. The summed E-state index contributed by atoms with van der Waals surface area (Å²) < 4.78 is 0. The second kappa shape index (κ2) is 14.5. The zero-order valence-corrected chi connectivity index (χ0v) is 31.7. The minimum absolute atomic E-state index is 0.136. The predicted octanol–water partition coefficient (Wildman–Crippen LogP) is 10.4. The quantitative estimate of drug-likeness (QED) is 0.127. The molecule has 220 valence electrons. The van der Waals surface area contributed by atoms with Gasteiger partial charge in [0.05, 0.1) is 9.52 Å². The third-order valence-corrected chi connectivity index (χ3v) is 9.48. The number of benzene rings is 4. The molecule has 0 bridgehead atoms. The molecule has 4 heteroatoms. The minimum Gasteiger partial charge on any atom is -0.184 e. The molecule has 1 heterocycles. The molecule has 0 unspecified atom stereocenters. The van der Waals surface area contributed by atoms with Crippen molar-refractivity contribution in [2.75, 3.05) is 0 Å². The Bertz CT molecular complexity index is 1610. The standard InChI is InChI=1S/C27H35.C12H7Si.2ClH.Zr/c1-9-18-13-20-12-11-19(10-2)25(24(20)14-18)21-15-22(26(3,4)5)17-23(16-21)27(6,7)8;1-3-7-11-9(5-1)10-6-2-4-8-12(10)13-11;;;/h11-17H,9-10H2,1-8H3;1-7H;2*1H;/q2*-1;;;+4/p-2. The van der Waals surface area contributed by atoms with Crippen molar-refractivity contribution in [3.8, 4) is 22.3 Å². The van der Waals surface area contributed by atoms with Gasteiger partial charge in [0.15, 0.2) is 0 Å². The van der Waals surface area contributed by atoms with Gasteiger partial charge >= 0.3 is 37.9 Å². The average molecular weight is 701 g/mol. The fraction of sp³-hybridized carbons (Fsp3) is 0.308. The number of hydrogen-bond acceptors (Lipinski definition) is 0. The van der Waals surface area contributed by atoms with Gasteiger partial charge in [-0.1, -0.05) is 120 Å². The molecule has 0 N–H and O–H groups in total. The molecule has 0 spiro atoms. The van der Waals surface area contributed by atoms with E-state index in [0.29, 0.717) is 0 Å². The van der Waals surface area contributed by atoms with Crippen LogP contribution in [0.2, 0.25) is 0 Å². The number of fused-ring (bicyclic) bond motifs is 4. The van der Waals surface area contributed by atoms with Crippen LogP contribution in [0.25, 0.3) is 33.0 Å². The van der Waals surface area contributed by atoms with Crippen molar-refractivity contribution >= 4 is 47.7 Å². The first-order chi connectivity index (χ1) is 20.4. The van der Waals surface area contributed by atoms with Crippen molar-refractivity contribution in [3.05, 3.63) is 113 Å². The van der Waals surface area contributed by atoms with Crippen molar-refractivity contribution in [1.82, 2.24) is 0 Å². The van der Waals surface area contributed by atoms with Crippen LogP contribution in [0, 0.1) is 6.07 Å². The van der Waals surface area contributed by atoms with E-state index < -0.39 is 20.8 Å². The molecule has 5 aromatic carbocycles. The van der Waals surface area contributed by atoms with Gasteiger partial charge in [-0.05, 0) is 40.4 Å². The third-order valence-electron chi connectivity index (χ3n) is 8.11. The van der Waals surface area contributed by atoms with Crippen LogP contribution in [0.15, 0.2) is 84.9 Å². The summed E-state index contributed by atoms with van der Waals surface area (Å²) in [6.45, 7) is 18.4. The van der Waals surface area contributed by atoms with Crippen LogP contribution < -0.4 is 10.4 Å². The first-order valence-corrected chi connectivity index (χ1v) is 22.4. The second-order valence-electron chi connectivity index (χ2n) is 13.2. The molecule has 2 radical (unpaired) electrons. The molecule has 1 aliphatic rings. The Morgan fingerprint density at radius 1 is 0.767 bits per heavy atom. The third kappa shape index (κ3) is 8.07. The van der Waals surface area contributed by atoms with E-state index in [2.05, 4.69) is 140 Å². The molecule has 6 rings (SSSR count). The van der Waals surface area contributed by atoms with E-state index in [1.54, 1.807) is 0 Å². The van der Waals surface area contributed by atoms with E-state index in [-0.39, 0.29) is 10.8 Å². The van der Waals surface area contributed by atoms with Crippen LogP contribution in [-0.4, -0.2) is 9.52 Å². The molecular weight excluding hydrogens is 659 g/mol. The van der Waals surface area contributed by atoms with Gasteiger partial charge in [-0.25, -0.2) is 0 Å². The van der Waals surface area contributed by atoms with Crippen LogP contribution >= 0.6 is 17.0 Å². The molecule has 0 nitrogen and oxygen atoms in total. The summed E-state index contributed by atoms with van der Waals surface area (Å²) >= 11 is -0.826. The first-order valence-electron chi connectivity index (χ1n) is 15.1. The Hall–Kier alpha value is -1.83. The fourth-order valence-electron chi connectivity index (χ4n) is 5.59. The molecule has 0 atom stereocenters. The van der Waals surface area contributed by atoms with E-state index >= 15 is 0 Å². The predicted molar refractivity (Wildman–Crippen MR) is 189 cm³/mol. The Morgan fingerprint density at radius 2 is 1.40 bits per heavy atom. The van der Waals surface area contributed by atoms with Gasteiger partial charge in [0.2, 0.25) is 0 Å². The molecule has 0 amide bonds. The maximum Gasteiger partial charge on any atom is 0.0920 e. The Morgan fingerprint density at radius 3 is 2.00 bits per heavy atom. The molecule has 1 aliphatic heterocycles. The molecule has 0 fully saturated rings. The van der Waals surface area contributed by atoms with Gasteiger partial charge in [-0.15, -0.1) is 40.1 Å². The molecule has 0 aromatic heterocycles. The minimum atomic E-state index is -0.826. The van der Waals surface area contributed by atoms with Crippen molar-refractivity contribution in [1.29, 1.82) is 0 Å². The van der Waals surface area contributed by atoms with Crippen molar-refractivity contribution in [2.45, 2.75) is 79.1 Å². The van der Waals surface area contributed by atoms with Crippen molar-refractivity contribution in [3.63, 3.8) is 0 Å². The van der Waals surface area contributed by atoms with Crippen LogP contribution in [0.5, 0.6) is 0 Å². The summed E-state index contributed by atoms with van der Waals surface area (Å²) in [7, 11) is 10.7. The van der Waals surface area contributed by atoms with Crippen LogP contribution in [0.1, 0.15) is 77.6 Å².